The molecule has 1 aliphatic heterocycles. The first-order valence-corrected chi connectivity index (χ1v) is 6.70. The zero-order chi connectivity index (χ0) is 13.2. The Kier molecular flexibility index (Phi) is 3.25. The Balaban J connectivity index is 2.08. The molecule has 4 nitrogen and oxygen atoms in total. The van der Waals surface area contributed by atoms with Gasteiger partial charge in [0.1, 0.15) is 5.75 Å². The maximum Gasteiger partial charge on any atom is 0.126 e. The Morgan fingerprint density at radius 3 is 2.89 bits per heavy atom. The number of aromatic nitrogens is 2. The first-order chi connectivity index (χ1) is 9.29. The van der Waals surface area contributed by atoms with Crippen molar-refractivity contribution >= 4 is 0 Å². The zero-order valence-electron chi connectivity index (χ0n) is 11.4. The van der Waals surface area contributed by atoms with E-state index in [2.05, 4.69) is 22.7 Å². The van der Waals surface area contributed by atoms with Crippen LogP contribution in [-0.2, 0) is 7.05 Å². The van der Waals surface area contributed by atoms with Crippen molar-refractivity contribution in [2.45, 2.75) is 18.9 Å². The van der Waals surface area contributed by atoms with E-state index in [-0.39, 0.29) is 0 Å². The highest BCUT2D eigenvalue weighted by Crippen LogP contribution is 2.36. The highest BCUT2D eigenvalue weighted by atomic mass is 16.5. The minimum Gasteiger partial charge on any atom is -0.496 e. The molecule has 2 aromatic rings. The largest absolute Gasteiger partial charge is 0.496 e. The molecule has 0 radical (unpaired) electrons. The lowest BCUT2D eigenvalue weighted by Crippen LogP contribution is -2.14. The Morgan fingerprint density at radius 1 is 1.32 bits per heavy atom. The van der Waals surface area contributed by atoms with Crippen molar-refractivity contribution in [2.75, 3.05) is 13.7 Å². The van der Waals surface area contributed by atoms with E-state index in [0.717, 1.165) is 30.0 Å². The van der Waals surface area contributed by atoms with E-state index in [0.29, 0.717) is 6.04 Å². The molecule has 0 amide bonds. The first kappa shape index (κ1) is 12.2. The monoisotopic (exact) mass is 257 g/mol. The summed E-state index contributed by atoms with van der Waals surface area (Å²) in [6.07, 6.45) is 4.44. The van der Waals surface area contributed by atoms with Gasteiger partial charge in [-0.25, -0.2) is 0 Å². The van der Waals surface area contributed by atoms with Gasteiger partial charge in [-0.15, -0.1) is 0 Å². The standard InChI is InChI=1S/C15H19N3O/c1-18-10-12(11-6-3-4-8-14(11)19-2)15(17-18)13-7-5-9-16-13/h3-4,6,8,10,13,16H,5,7,9H2,1-2H3. The molecule has 1 unspecified atom stereocenters. The van der Waals surface area contributed by atoms with Crippen LogP contribution in [0.5, 0.6) is 5.75 Å². The van der Waals surface area contributed by atoms with Gasteiger partial charge >= 0.3 is 0 Å². The Labute approximate surface area is 113 Å². The topological polar surface area (TPSA) is 39.1 Å². The number of rotatable bonds is 3. The number of methoxy groups -OCH3 is 1. The lowest BCUT2D eigenvalue weighted by atomic mass is 10.0. The molecule has 0 spiro atoms. The molecule has 1 aliphatic rings. The summed E-state index contributed by atoms with van der Waals surface area (Å²) >= 11 is 0. The average molecular weight is 257 g/mol. The van der Waals surface area contributed by atoms with E-state index in [4.69, 9.17) is 4.74 Å². The number of benzene rings is 1. The van der Waals surface area contributed by atoms with Crippen LogP contribution in [-0.4, -0.2) is 23.4 Å². The Bertz CT molecular complexity index is 571. The number of hydrogen-bond acceptors (Lipinski definition) is 3. The molecule has 1 aromatic carbocycles. The predicted octanol–water partition coefficient (Wildman–Crippen LogP) is 2.52. The third kappa shape index (κ3) is 2.24. The minimum atomic E-state index is 0.362. The third-order valence-corrected chi connectivity index (χ3v) is 3.64. The summed E-state index contributed by atoms with van der Waals surface area (Å²) in [5.41, 5.74) is 3.41. The van der Waals surface area contributed by atoms with Crippen LogP contribution in [0.25, 0.3) is 11.1 Å². The fourth-order valence-electron chi connectivity index (χ4n) is 2.76. The molecule has 0 bridgehead atoms. The van der Waals surface area contributed by atoms with E-state index in [1.165, 1.54) is 12.0 Å². The molecule has 0 saturated carbocycles. The smallest absolute Gasteiger partial charge is 0.126 e. The van der Waals surface area contributed by atoms with Crippen LogP contribution < -0.4 is 10.1 Å². The summed E-state index contributed by atoms with van der Waals surface area (Å²) in [5.74, 6) is 0.898. The first-order valence-electron chi connectivity index (χ1n) is 6.70. The van der Waals surface area contributed by atoms with Gasteiger partial charge in [-0.1, -0.05) is 18.2 Å². The van der Waals surface area contributed by atoms with Crippen molar-refractivity contribution in [1.29, 1.82) is 0 Å². The number of para-hydroxylation sites is 1. The van der Waals surface area contributed by atoms with Gasteiger partial charge in [0.05, 0.1) is 18.8 Å². The van der Waals surface area contributed by atoms with Crippen molar-refractivity contribution in [1.82, 2.24) is 15.1 Å². The lowest BCUT2D eigenvalue weighted by molar-refractivity contribution is 0.416. The normalized spacial score (nSPS) is 18.7. The van der Waals surface area contributed by atoms with Crippen molar-refractivity contribution in [2.24, 2.45) is 7.05 Å². The van der Waals surface area contributed by atoms with Gasteiger partial charge in [-0.3, -0.25) is 4.68 Å². The van der Waals surface area contributed by atoms with Gasteiger partial charge in [-0.2, -0.15) is 5.10 Å². The van der Waals surface area contributed by atoms with Gasteiger partial charge in [0.15, 0.2) is 0 Å². The van der Waals surface area contributed by atoms with Crippen LogP contribution in [0.15, 0.2) is 30.5 Å². The van der Waals surface area contributed by atoms with Gasteiger partial charge in [0.2, 0.25) is 0 Å². The molecule has 100 valence electrons. The van der Waals surface area contributed by atoms with Gasteiger partial charge in [0.25, 0.3) is 0 Å². The van der Waals surface area contributed by atoms with E-state index >= 15 is 0 Å². The maximum absolute atomic E-state index is 5.47. The third-order valence-electron chi connectivity index (χ3n) is 3.64. The maximum atomic E-state index is 5.47. The molecule has 1 aromatic heterocycles. The van der Waals surface area contributed by atoms with E-state index in [9.17, 15) is 0 Å². The second-order valence-electron chi connectivity index (χ2n) is 4.95. The highest BCUT2D eigenvalue weighted by molar-refractivity contribution is 5.72. The average Bonchev–Trinajstić information content (AvgIpc) is 3.07. The molecule has 1 atom stereocenters. The van der Waals surface area contributed by atoms with Crippen molar-refractivity contribution in [3.05, 3.63) is 36.2 Å². The summed E-state index contributed by atoms with van der Waals surface area (Å²) in [6.45, 7) is 1.08. The molecular formula is C15H19N3O. The second kappa shape index (κ2) is 5.05. The molecule has 2 heterocycles. The minimum absolute atomic E-state index is 0.362. The van der Waals surface area contributed by atoms with Crippen molar-refractivity contribution in [3.63, 3.8) is 0 Å². The summed E-state index contributed by atoms with van der Waals surface area (Å²) < 4.78 is 7.36. The van der Waals surface area contributed by atoms with Crippen LogP contribution in [0.4, 0.5) is 0 Å². The summed E-state index contributed by atoms with van der Waals surface area (Å²) in [5, 5.41) is 8.16. The fourth-order valence-corrected chi connectivity index (χ4v) is 2.76. The Hall–Kier alpha value is -1.81. The molecule has 1 fully saturated rings. The molecular weight excluding hydrogens is 238 g/mol. The molecule has 0 aliphatic carbocycles. The number of aryl methyl sites for hydroxylation is 1. The molecule has 19 heavy (non-hydrogen) atoms. The zero-order valence-corrected chi connectivity index (χ0v) is 11.4. The number of ether oxygens (including phenoxy) is 1. The van der Waals surface area contributed by atoms with Crippen LogP contribution >= 0.6 is 0 Å². The van der Waals surface area contributed by atoms with E-state index < -0.39 is 0 Å². The lowest BCUT2D eigenvalue weighted by Gasteiger charge is -2.12. The Morgan fingerprint density at radius 2 is 2.16 bits per heavy atom. The SMILES string of the molecule is COc1ccccc1-c1cn(C)nc1C1CCCN1. The second-order valence-corrected chi connectivity index (χ2v) is 4.95. The summed E-state index contributed by atoms with van der Waals surface area (Å²) in [6, 6.07) is 8.48. The summed E-state index contributed by atoms with van der Waals surface area (Å²) in [7, 11) is 3.68. The molecule has 1 N–H and O–H groups in total. The van der Waals surface area contributed by atoms with Gasteiger partial charge < -0.3 is 10.1 Å². The quantitative estimate of drug-likeness (QED) is 0.918. The molecule has 4 heteroatoms. The summed E-state index contributed by atoms with van der Waals surface area (Å²) in [4.78, 5) is 0. The van der Waals surface area contributed by atoms with Crippen LogP contribution in [0.1, 0.15) is 24.6 Å². The number of nitrogens with zero attached hydrogens (tertiary/aromatic N) is 2. The predicted molar refractivity (Wildman–Crippen MR) is 75.2 cm³/mol. The van der Waals surface area contributed by atoms with Crippen LogP contribution in [0.3, 0.4) is 0 Å². The molecule has 3 rings (SSSR count). The van der Waals surface area contributed by atoms with Crippen LogP contribution in [0.2, 0.25) is 0 Å². The fraction of sp³-hybridized carbons (Fsp3) is 0.400. The van der Waals surface area contributed by atoms with Crippen LogP contribution in [0, 0.1) is 0 Å². The number of hydrogen-bond donors (Lipinski definition) is 1. The van der Waals surface area contributed by atoms with E-state index in [1.807, 2.05) is 29.9 Å². The van der Waals surface area contributed by atoms with Crippen molar-refractivity contribution in [3.8, 4) is 16.9 Å². The van der Waals surface area contributed by atoms with Gasteiger partial charge in [-0.05, 0) is 25.5 Å². The van der Waals surface area contributed by atoms with Gasteiger partial charge in [0, 0.05) is 24.4 Å². The van der Waals surface area contributed by atoms with Crippen molar-refractivity contribution < 1.29 is 4.74 Å². The number of nitrogens with one attached hydrogen (secondary N) is 1. The highest BCUT2D eigenvalue weighted by Gasteiger charge is 2.24. The molecule has 1 saturated heterocycles. The van der Waals surface area contributed by atoms with E-state index in [1.54, 1.807) is 7.11 Å².